The summed E-state index contributed by atoms with van der Waals surface area (Å²) in [5, 5.41) is 17.1. The zero-order valence-corrected chi connectivity index (χ0v) is 33.4. The molecule has 10 heteroatoms. The number of unbranched alkanes of at least 4 members (excludes halogenated alkanes) is 27. The molecular formula is C40H78O9S. The maximum absolute atomic E-state index is 11.6. The van der Waals surface area contributed by atoms with Crippen molar-refractivity contribution in [1.29, 1.82) is 0 Å². The van der Waals surface area contributed by atoms with Crippen LogP contribution in [0.25, 0.3) is 0 Å². The Morgan fingerprint density at radius 2 is 0.640 bits per heavy atom. The standard InChI is InChI=1S/C24H46O4.C16H32O5S/c1-24(2,3)28-23(27)21-19-17-15-13-11-9-7-5-4-6-8-10-12-14-16-18-20-22(25)26;17-16(18)14-12-10-8-6-4-2-1-3-5-7-9-11-13-15-22(19,20)21/h4-21H2,1-3H3,(H,25,26);1-15H2,(H,17,18)(H,19,20,21). The number of esters is 1. The average Bonchev–Trinajstić information content (AvgIpc) is 3.01. The summed E-state index contributed by atoms with van der Waals surface area (Å²) in [6, 6.07) is 0. The van der Waals surface area contributed by atoms with Crippen molar-refractivity contribution in [3.8, 4) is 0 Å². The van der Waals surface area contributed by atoms with Crippen LogP contribution in [0.2, 0.25) is 0 Å². The number of carboxylic acid groups (broad SMARTS) is 2. The molecule has 0 saturated carbocycles. The Kier molecular flexibility index (Phi) is 36.0. The van der Waals surface area contributed by atoms with E-state index in [1.165, 1.54) is 116 Å². The predicted octanol–water partition coefficient (Wildman–Crippen LogP) is 11.9. The Labute approximate surface area is 307 Å². The number of hydrogen-bond acceptors (Lipinski definition) is 6. The first-order valence-corrected chi connectivity index (χ1v) is 21.9. The van der Waals surface area contributed by atoms with Crippen LogP contribution in [0.15, 0.2) is 0 Å². The highest BCUT2D eigenvalue weighted by Crippen LogP contribution is 2.16. The fraction of sp³-hybridized carbons (Fsp3) is 0.925. The highest BCUT2D eigenvalue weighted by Gasteiger charge is 2.15. The molecule has 3 N–H and O–H groups in total. The minimum Gasteiger partial charge on any atom is -0.481 e. The predicted molar refractivity (Wildman–Crippen MR) is 205 cm³/mol. The second-order valence-electron chi connectivity index (χ2n) is 15.2. The van der Waals surface area contributed by atoms with E-state index in [1.54, 1.807) is 0 Å². The van der Waals surface area contributed by atoms with Crippen LogP contribution in [0.4, 0.5) is 0 Å². The van der Waals surface area contributed by atoms with Gasteiger partial charge in [-0.15, -0.1) is 0 Å². The van der Waals surface area contributed by atoms with Gasteiger partial charge in [0.1, 0.15) is 5.60 Å². The van der Waals surface area contributed by atoms with Crippen LogP contribution >= 0.6 is 0 Å². The lowest BCUT2D eigenvalue weighted by atomic mass is 10.0. The first-order chi connectivity index (χ1) is 23.7. The van der Waals surface area contributed by atoms with E-state index in [2.05, 4.69) is 0 Å². The average molecular weight is 735 g/mol. The van der Waals surface area contributed by atoms with Crippen molar-refractivity contribution in [2.75, 3.05) is 5.75 Å². The van der Waals surface area contributed by atoms with Crippen LogP contribution in [-0.4, -0.2) is 52.4 Å². The number of carboxylic acids is 2. The lowest BCUT2D eigenvalue weighted by molar-refractivity contribution is -0.155. The van der Waals surface area contributed by atoms with E-state index in [-0.39, 0.29) is 17.3 Å². The van der Waals surface area contributed by atoms with Gasteiger partial charge in [-0.2, -0.15) is 8.42 Å². The topological polar surface area (TPSA) is 155 Å². The number of carbonyl (C=O) groups excluding carboxylic acids is 1. The second-order valence-corrected chi connectivity index (χ2v) is 16.7. The molecule has 0 fully saturated rings. The normalized spacial score (nSPS) is 11.6. The third kappa shape index (κ3) is 50.7. The van der Waals surface area contributed by atoms with Gasteiger partial charge in [-0.05, 0) is 46.5 Å². The van der Waals surface area contributed by atoms with E-state index >= 15 is 0 Å². The minimum absolute atomic E-state index is 0.0642. The fourth-order valence-corrected chi connectivity index (χ4v) is 6.49. The molecule has 298 valence electrons. The van der Waals surface area contributed by atoms with Crippen molar-refractivity contribution in [2.45, 2.75) is 232 Å². The maximum atomic E-state index is 11.6. The fourth-order valence-electron chi connectivity index (χ4n) is 5.92. The first kappa shape index (κ1) is 50.4. The van der Waals surface area contributed by atoms with E-state index in [0.29, 0.717) is 25.7 Å². The Bertz CT molecular complexity index is 897. The summed E-state index contributed by atoms with van der Waals surface area (Å²) >= 11 is 0. The van der Waals surface area contributed by atoms with Crippen LogP contribution in [0.5, 0.6) is 0 Å². The Hall–Kier alpha value is -1.68. The molecule has 50 heavy (non-hydrogen) atoms. The number of hydrogen-bond donors (Lipinski definition) is 3. The molecule has 0 aliphatic carbocycles. The summed E-state index contributed by atoms with van der Waals surface area (Å²) in [7, 11) is -3.77. The third-order valence-corrected chi connectivity index (χ3v) is 9.54. The Morgan fingerprint density at radius 1 is 0.420 bits per heavy atom. The van der Waals surface area contributed by atoms with Crippen LogP contribution in [-0.2, 0) is 29.2 Å². The zero-order chi connectivity index (χ0) is 37.8. The molecule has 0 rings (SSSR count). The van der Waals surface area contributed by atoms with Crippen molar-refractivity contribution >= 4 is 28.0 Å². The molecular weight excluding hydrogens is 656 g/mol. The van der Waals surface area contributed by atoms with E-state index in [9.17, 15) is 22.8 Å². The zero-order valence-electron chi connectivity index (χ0n) is 32.5. The van der Waals surface area contributed by atoms with Gasteiger partial charge in [-0.1, -0.05) is 161 Å². The molecule has 0 unspecified atom stereocenters. The largest absolute Gasteiger partial charge is 0.481 e. The number of carbonyl (C=O) groups is 3. The summed E-state index contributed by atoms with van der Waals surface area (Å²) in [6.45, 7) is 5.75. The van der Waals surface area contributed by atoms with Crippen molar-refractivity contribution in [2.24, 2.45) is 0 Å². The quantitative estimate of drug-likeness (QED) is 0.0327. The SMILES string of the molecule is CC(C)(C)OC(=O)CCCCCCCCCCCCCCCCCCC(=O)O.O=C(O)CCCCCCCCCCCCCCCS(=O)(=O)O. The molecule has 0 amide bonds. The summed E-state index contributed by atoms with van der Waals surface area (Å²) in [4.78, 5) is 32.3. The number of ether oxygens (including phenoxy) is 1. The van der Waals surface area contributed by atoms with Gasteiger partial charge in [0.2, 0.25) is 0 Å². The van der Waals surface area contributed by atoms with Gasteiger partial charge >= 0.3 is 17.9 Å². The lowest BCUT2D eigenvalue weighted by Gasteiger charge is -2.19. The van der Waals surface area contributed by atoms with Crippen molar-refractivity contribution in [3.05, 3.63) is 0 Å². The van der Waals surface area contributed by atoms with Crippen molar-refractivity contribution in [3.63, 3.8) is 0 Å². The maximum Gasteiger partial charge on any atom is 0.306 e. The summed E-state index contributed by atoms with van der Waals surface area (Å²) in [5.41, 5.74) is -0.361. The number of rotatable bonds is 35. The molecule has 0 saturated heterocycles. The molecule has 0 atom stereocenters. The van der Waals surface area contributed by atoms with Gasteiger partial charge in [0.25, 0.3) is 10.1 Å². The van der Waals surface area contributed by atoms with Crippen LogP contribution in [0.3, 0.4) is 0 Å². The molecule has 0 aliphatic heterocycles. The second kappa shape index (κ2) is 35.7. The summed E-state index contributed by atoms with van der Waals surface area (Å²) < 4.78 is 34.9. The monoisotopic (exact) mass is 735 g/mol. The number of aliphatic carboxylic acids is 2. The smallest absolute Gasteiger partial charge is 0.306 e. The van der Waals surface area contributed by atoms with Crippen LogP contribution in [0.1, 0.15) is 226 Å². The molecule has 0 heterocycles. The van der Waals surface area contributed by atoms with Crippen molar-refractivity contribution < 1.29 is 42.3 Å². The van der Waals surface area contributed by atoms with Gasteiger partial charge in [0, 0.05) is 19.3 Å². The molecule has 0 aliphatic rings. The van der Waals surface area contributed by atoms with Gasteiger partial charge in [-0.3, -0.25) is 18.9 Å². The molecule has 0 spiro atoms. The van der Waals surface area contributed by atoms with E-state index in [0.717, 1.165) is 64.2 Å². The molecule has 0 bridgehead atoms. The first-order valence-electron chi connectivity index (χ1n) is 20.3. The summed E-state index contributed by atoms with van der Waals surface area (Å²) in [5.74, 6) is -1.54. The third-order valence-electron chi connectivity index (χ3n) is 8.73. The van der Waals surface area contributed by atoms with E-state index < -0.39 is 22.1 Å². The summed E-state index contributed by atoms with van der Waals surface area (Å²) in [6.07, 6.45) is 34.8. The van der Waals surface area contributed by atoms with Crippen LogP contribution in [0, 0.1) is 0 Å². The van der Waals surface area contributed by atoms with Crippen LogP contribution < -0.4 is 0 Å². The molecule has 0 aromatic rings. The van der Waals surface area contributed by atoms with E-state index in [4.69, 9.17) is 19.5 Å². The molecule has 0 aromatic carbocycles. The minimum atomic E-state index is -3.77. The highest BCUT2D eigenvalue weighted by molar-refractivity contribution is 7.85. The van der Waals surface area contributed by atoms with Gasteiger partial charge in [0.05, 0.1) is 5.75 Å². The molecule has 0 aromatic heterocycles. The lowest BCUT2D eigenvalue weighted by Crippen LogP contribution is -2.23. The highest BCUT2D eigenvalue weighted by atomic mass is 32.2. The van der Waals surface area contributed by atoms with Crippen molar-refractivity contribution in [1.82, 2.24) is 0 Å². The molecule has 9 nitrogen and oxygen atoms in total. The van der Waals surface area contributed by atoms with Gasteiger partial charge in [-0.25, -0.2) is 0 Å². The Balaban J connectivity index is 0. The molecule has 0 radical (unpaired) electrons. The van der Waals surface area contributed by atoms with Gasteiger partial charge < -0.3 is 14.9 Å². The Morgan fingerprint density at radius 3 is 0.860 bits per heavy atom. The van der Waals surface area contributed by atoms with E-state index in [1.807, 2.05) is 20.8 Å². The van der Waals surface area contributed by atoms with Gasteiger partial charge in [0.15, 0.2) is 0 Å².